The van der Waals surface area contributed by atoms with Crippen molar-refractivity contribution in [2.24, 2.45) is 0 Å². The quantitative estimate of drug-likeness (QED) is 0.704. The molecule has 2 heteroatoms. The summed E-state index contributed by atoms with van der Waals surface area (Å²) in [6, 6.07) is 10.1. The van der Waals surface area contributed by atoms with Gasteiger partial charge >= 0.3 is 0 Å². The van der Waals surface area contributed by atoms with Gasteiger partial charge in [-0.3, -0.25) is 0 Å². The zero-order chi connectivity index (χ0) is 8.10. The van der Waals surface area contributed by atoms with E-state index in [0.717, 1.165) is 6.42 Å². The summed E-state index contributed by atoms with van der Waals surface area (Å²) >= 11 is 0. The Bertz CT molecular complexity index is 231. The van der Waals surface area contributed by atoms with Gasteiger partial charge in [0.05, 0.1) is 0 Å². The summed E-state index contributed by atoms with van der Waals surface area (Å²) in [4.78, 5) is 10.6. The molecule has 0 saturated heterocycles. The van der Waals surface area contributed by atoms with E-state index in [0.29, 0.717) is 6.42 Å². The van der Waals surface area contributed by atoms with Crippen molar-refractivity contribution in [3.8, 4) is 0 Å². The Balaban J connectivity index is 0.00000121. The summed E-state index contributed by atoms with van der Waals surface area (Å²) < 4.78 is 0. The number of rotatable bonds is 3. The summed E-state index contributed by atoms with van der Waals surface area (Å²) in [5, 5.41) is 0. The predicted molar refractivity (Wildman–Crippen MR) is 45.4 cm³/mol. The average Bonchev–Trinajstić information content (AvgIpc) is 2.03. The molecule has 0 radical (unpaired) electrons. The molecule has 1 nitrogen and oxygen atoms in total. The van der Waals surface area contributed by atoms with E-state index in [1.165, 1.54) is 5.56 Å². The largest absolute Gasteiger partial charge is 0.300 e. The molecular weight excluding hydrogens is 201 g/mol. The number of ketones is 1. The second kappa shape index (κ2) is 6.08. The molecule has 0 fully saturated rings. The fraction of sp³-hybridized carbons (Fsp3) is 0.300. The van der Waals surface area contributed by atoms with Gasteiger partial charge in [-0.1, -0.05) is 30.3 Å². The molecule has 0 aliphatic rings. The maximum atomic E-state index is 10.6. The van der Waals surface area contributed by atoms with E-state index in [4.69, 9.17) is 0 Å². The summed E-state index contributed by atoms with van der Waals surface area (Å²) in [6.45, 7) is 1.63. The van der Waals surface area contributed by atoms with Crippen LogP contribution in [0.15, 0.2) is 30.3 Å². The van der Waals surface area contributed by atoms with Crippen LogP contribution in [0.5, 0.6) is 0 Å². The number of hydrogen-bond acceptors (Lipinski definition) is 1. The minimum atomic E-state index is 0. The van der Waals surface area contributed by atoms with E-state index in [1.807, 2.05) is 30.3 Å². The number of hydrogen-bond donors (Lipinski definition) is 0. The van der Waals surface area contributed by atoms with Crippen LogP contribution in [-0.4, -0.2) is 5.78 Å². The van der Waals surface area contributed by atoms with Crippen LogP contribution >= 0.6 is 0 Å². The molecule has 60 valence electrons. The molecule has 0 N–H and O–H groups in total. The molecule has 0 aliphatic carbocycles. The number of benzene rings is 1. The SMILES string of the molecule is CC(=O)CCc1ccccc1.[Zn]. The summed E-state index contributed by atoms with van der Waals surface area (Å²) in [5.74, 6) is 0.258. The van der Waals surface area contributed by atoms with Crippen molar-refractivity contribution in [1.29, 1.82) is 0 Å². The number of Topliss-reactive ketones (excluding diaryl/α,β-unsaturated/α-hetero) is 1. The first-order valence-corrected chi connectivity index (χ1v) is 3.82. The molecular formula is C10H12OZn. The second-order valence-electron chi connectivity index (χ2n) is 2.69. The van der Waals surface area contributed by atoms with Gasteiger partial charge in [-0.25, -0.2) is 0 Å². The van der Waals surface area contributed by atoms with Crippen LogP contribution in [0.2, 0.25) is 0 Å². The first kappa shape index (κ1) is 11.5. The number of carbonyl (C=O) groups is 1. The Morgan fingerprint density at radius 3 is 2.33 bits per heavy atom. The minimum Gasteiger partial charge on any atom is -0.300 e. The van der Waals surface area contributed by atoms with Gasteiger partial charge < -0.3 is 4.79 Å². The molecule has 0 amide bonds. The smallest absolute Gasteiger partial charge is 0.130 e. The summed E-state index contributed by atoms with van der Waals surface area (Å²) in [6.07, 6.45) is 1.53. The van der Waals surface area contributed by atoms with Gasteiger partial charge in [0.25, 0.3) is 0 Å². The molecule has 0 atom stereocenters. The fourth-order valence-corrected chi connectivity index (χ4v) is 0.965. The molecule has 0 unspecified atom stereocenters. The summed E-state index contributed by atoms with van der Waals surface area (Å²) in [5.41, 5.74) is 1.24. The van der Waals surface area contributed by atoms with Gasteiger partial charge in [-0.05, 0) is 18.9 Å². The molecule has 0 saturated carbocycles. The van der Waals surface area contributed by atoms with Gasteiger partial charge in [-0.2, -0.15) is 0 Å². The van der Waals surface area contributed by atoms with Crippen molar-refractivity contribution in [3.63, 3.8) is 0 Å². The zero-order valence-electron chi connectivity index (χ0n) is 7.42. The van der Waals surface area contributed by atoms with Gasteiger partial charge in [0, 0.05) is 25.9 Å². The van der Waals surface area contributed by atoms with Crippen molar-refractivity contribution in [1.82, 2.24) is 0 Å². The maximum absolute atomic E-state index is 10.6. The van der Waals surface area contributed by atoms with Crippen molar-refractivity contribution < 1.29 is 24.3 Å². The topological polar surface area (TPSA) is 17.1 Å². The normalized spacial score (nSPS) is 8.75. The number of aryl methyl sites for hydroxylation is 1. The number of carbonyl (C=O) groups excluding carboxylic acids is 1. The predicted octanol–water partition coefficient (Wildman–Crippen LogP) is 2.21. The van der Waals surface area contributed by atoms with Crippen molar-refractivity contribution in [3.05, 3.63) is 35.9 Å². The van der Waals surface area contributed by atoms with E-state index < -0.39 is 0 Å². The Morgan fingerprint density at radius 2 is 1.83 bits per heavy atom. The van der Waals surface area contributed by atoms with Gasteiger partial charge in [0.2, 0.25) is 0 Å². The third-order valence-corrected chi connectivity index (χ3v) is 1.61. The van der Waals surface area contributed by atoms with Crippen LogP contribution in [0.1, 0.15) is 18.9 Å². The van der Waals surface area contributed by atoms with Gasteiger partial charge in [0.1, 0.15) is 5.78 Å². The zero-order valence-corrected chi connectivity index (χ0v) is 10.4. The Hall–Kier alpha value is -0.487. The fourth-order valence-electron chi connectivity index (χ4n) is 0.965. The van der Waals surface area contributed by atoms with Crippen LogP contribution in [0.3, 0.4) is 0 Å². The Morgan fingerprint density at radius 1 is 1.25 bits per heavy atom. The molecule has 1 aromatic carbocycles. The van der Waals surface area contributed by atoms with Gasteiger partial charge in [0.15, 0.2) is 0 Å². The van der Waals surface area contributed by atoms with Crippen molar-refractivity contribution in [2.45, 2.75) is 19.8 Å². The monoisotopic (exact) mass is 212 g/mol. The van der Waals surface area contributed by atoms with Crippen molar-refractivity contribution >= 4 is 5.78 Å². The third kappa shape index (κ3) is 4.40. The Kier molecular flexibility index (Phi) is 5.83. The molecule has 0 spiro atoms. The first-order chi connectivity index (χ1) is 5.29. The minimum absolute atomic E-state index is 0. The third-order valence-electron chi connectivity index (χ3n) is 1.61. The van der Waals surface area contributed by atoms with Gasteiger partial charge in [-0.15, -0.1) is 0 Å². The van der Waals surface area contributed by atoms with E-state index in [2.05, 4.69) is 0 Å². The standard InChI is InChI=1S/C10H12O.Zn/c1-9(11)7-8-10-5-3-2-4-6-10;/h2-6H,7-8H2,1H3;. The molecule has 0 bridgehead atoms. The molecule has 0 aromatic heterocycles. The summed E-state index contributed by atoms with van der Waals surface area (Å²) in [7, 11) is 0. The van der Waals surface area contributed by atoms with Crippen LogP contribution < -0.4 is 0 Å². The average molecular weight is 214 g/mol. The Labute approximate surface area is 85.9 Å². The molecule has 1 aromatic rings. The van der Waals surface area contributed by atoms with E-state index >= 15 is 0 Å². The molecule has 1 rings (SSSR count). The van der Waals surface area contributed by atoms with Crippen LogP contribution in [0.25, 0.3) is 0 Å². The van der Waals surface area contributed by atoms with E-state index in [9.17, 15) is 4.79 Å². The van der Waals surface area contributed by atoms with Crippen LogP contribution in [0, 0.1) is 0 Å². The molecule has 0 heterocycles. The molecule has 12 heavy (non-hydrogen) atoms. The maximum Gasteiger partial charge on any atom is 0.130 e. The second-order valence-corrected chi connectivity index (χ2v) is 2.69. The van der Waals surface area contributed by atoms with E-state index in [1.54, 1.807) is 6.92 Å². The first-order valence-electron chi connectivity index (χ1n) is 3.82. The molecule has 0 aliphatic heterocycles. The van der Waals surface area contributed by atoms with E-state index in [-0.39, 0.29) is 25.3 Å². The van der Waals surface area contributed by atoms with Crippen molar-refractivity contribution in [2.75, 3.05) is 0 Å². The van der Waals surface area contributed by atoms with Crippen LogP contribution in [0.4, 0.5) is 0 Å². The van der Waals surface area contributed by atoms with Crippen LogP contribution in [-0.2, 0) is 30.7 Å².